The molecule has 0 N–H and O–H groups in total. The fourth-order valence-electron chi connectivity index (χ4n) is 0.591. The summed E-state index contributed by atoms with van der Waals surface area (Å²) in [5.74, 6) is 1.74. The topological polar surface area (TPSA) is 46.2 Å². The van der Waals surface area contributed by atoms with Crippen LogP contribution in [0.1, 0.15) is 0 Å². The second-order valence-corrected chi connectivity index (χ2v) is 3.45. The van der Waals surface area contributed by atoms with E-state index in [-0.39, 0.29) is 0 Å². The molecule has 0 saturated heterocycles. The Morgan fingerprint density at radius 2 is 1.18 bits per heavy atom. The van der Waals surface area contributed by atoms with Crippen molar-refractivity contribution in [1.82, 2.24) is 0 Å². The Morgan fingerprint density at radius 3 is 1.53 bits per heavy atom. The molecular formula is C10H18O5S2. The molecule has 0 fully saturated rings. The van der Waals surface area contributed by atoms with Crippen molar-refractivity contribution in [3.8, 4) is 0 Å². The van der Waals surface area contributed by atoms with Gasteiger partial charge in [-0.15, -0.1) is 0 Å². The van der Waals surface area contributed by atoms with Crippen molar-refractivity contribution in [3.05, 3.63) is 24.7 Å². The van der Waals surface area contributed by atoms with Crippen molar-refractivity contribution in [2.24, 2.45) is 0 Å². The smallest absolute Gasteiger partial charge is 0.144 e. The summed E-state index contributed by atoms with van der Waals surface area (Å²) in [5, 5.41) is 0. The van der Waals surface area contributed by atoms with Gasteiger partial charge in [-0.25, -0.2) is 0 Å². The third kappa shape index (κ3) is 11.9. The molecule has 17 heavy (non-hydrogen) atoms. The van der Waals surface area contributed by atoms with E-state index in [1.54, 1.807) is 0 Å². The van der Waals surface area contributed by atoms with Crippen LogP contribution >= 0.6 is 25.3 Å². The van der Waals surface area contributed by atoms with Crippen LogP contribution in [-0.2, 0) is 24.3 Å². The first-order chi connectivity index (χ1) is 8.20. The number of ether oxygens (including phenoxy) is 1. The van der Waals surface area contributed by atoms with E-state index in [0.29, 0.717) is 49.5 Å². The zero-order chi connectivity index (χ0) is 12.9. The second-order valence-electron chi connectivity index (χ2n) is 2.82. The largest absolute Gasteiger partial charge is 0.376 e. The number of rotatable bonds is 12. The van der Waals surface area contributed by atoms with Crippen LogP contribution in [0.4, 0.5) is 0 Å². The van der Waals surface area contributed by atoms with Crippen LogP contribution < -0.4 is 0 Å². The van der Waals surface area contributed by atoms with Gasteiger partial charge in [0.15, 0.2) is 0 Å². The maximum atomic E-state index is 5.16. The molecular weight excluding hydrogens is 264 g/mol. The van der Waals surface area contributed by atoms with Gasteiger partial charge in [0.1, 0.15) is 24.7 Å². The highest BCUT2D eigenvalue weighted by molar-refractivity contribution is 7.80. The summed E-state index contributed by atoms with van der Waals surface area (Å²) in [6.45, 7) is 8.46. The van der Waals surface area contributed by atoms with E-state index in [0.717, 1.165) is 0 Å². The highest BCUT2D eigenvalue weighted by atomic mass is 32.1. The van der Waals surface area contributed by atoms with Gasteiger partial charge < -0.3 is 14.5 Å². The molecule has 0 aliphatic rings. The molecule has 100 valence electrons. The van der Waals surface area contributed by atoms with Crippen molar-refractivity contribution in [1.29, 1.82) is 0 Å². The van der Waals surface area contributed by atoms with Gasteiger partial charge in [0, 0.05) is 0 Å². The monoisotopic (exact) mass is 282 g/mol. The summed E-state index contributed by atoms with van der Waals surface area (Å²) in [4.78, 5) is 19.0. The minimum Gasteiger partial charge on any atom is -0.376 e. The van der Waals surface area contributed by atoms with Gasteiger partial charge in [-0.2, -0.15) is 35.0 Å². The Bertz CT molecular complexity index is 201. The molecule has 0 saturated carbocycles. The van der Waals surface area contributed by atoms with Gasteiger partial charge in [-0.3, -0.25) is 0 Å². The summed E-state index contributed by atoms with van der Waals surface area (Å²) in [5.41, 5.74) is 0. The highest BCUT2D eigenvalue weighted by Crippen LogP contribution is 1.97. The van der Waals surface area contributed by atoms with Gasteiger partial charge in [-0.05, 0) is 0 Å². The number of thiol groups is 2. The summed E-state index contributed by atoms with van der Waals surface area (Å²) in [7, 11) is 0. The molecule has 7 heteroatoms. The first-order valence-electron chi connectivity index (χ1n) is 4.94. The summed E-state index contributed by atoms with van der Waals surface area (Å²) < 4.78 is 5.16. The molecule has 0 aromatic heterocycles. The van der Waals surface area contributed by atoms with E-state index >= 15 is 0 Å². The molecule has 0 heterocycles. The standard InChI is InChI=1S/C10H18O5S2/c1-9(7-16)14-12-5-3-11-4-6-13-15-10(2)8-17/h16-17H,1-8H2. The minimum atomic E-state index is 0.303. The first-order valence-corrected chi connectivity index (χ1v) is 6.21. The maximum Gasteiger partial charge on any atom is 0.144 e. The molecule has 0 aliphatic heterocycles. The molecule has 0 spiro atoms. The van der Waals surface area contributed by atoms with Crippen molar-refractivity contribution in [2.75, 3.05) is 37.9 Å². The Balaban J connectivity index is 3.08. The third-order valence-electron chi connectivity index (χ3n) is 1.33. The lowest BCUT2D eigenvalue weighted by atomic mass is 10.7. The van der Waals surface area contributed by atoms with Crippen LogP contribution in [0.15, 0.2) is 24.7 Å². The SMILES string of the molecule is C=C(CS)OOCCOCCOOC(=C)CS. The third-order valence-corrected chi connectivity index (χ3v) is 2.03. The van der Waals surface area contributed by atoms with Crippen LogP contribution in [0.25, 0.3) is 0 Å². The van der Waals surface area contributed by atoms with Crippen molar-refractivity contribution in [2.45, 2.75) is 0 Å². The zero-order valence-corrected chi connectivity index (χ0v) is 11.4. The van der Waals surface area contributed by atoms with Gasteiger partial charge in [0.2, 0.25) is 0 Å². The average Bonchev–Trinajstić information content (AvgIpc) is 2.35. The lowest BCUT2D eigenvalue weighted by Gasteiger charge is -2.07. The van der Waals surface area contributed by atoms with Crippen LogP contribution in [0.2, 0.25) is 0 Å². The molecule has 0 bridgehead atoms. The lowest BCUT2D eigenvalue weighted by Crippen LogP contribution is -2.10. The van der Waals surface area contributed by atoms with Gasteiger partial charge in [0.05, 0.1) is 24.7 Å². The Hall–Kier alpha value is -0.340. The maximum absolute atomic E-state index is 5.16. The molecule has 5 nitrogen and oxygen atoms in total. The quantitative estimate of drug-likeness (QED) is 0.188. The molecule has 0 rings (SSSR count). The summed E-state index contributed by atoms with van der Waals surface area (Å²) >= 11 is 7.89. The highest BCUT2D eigenvalue weighted by Gasteiger charge is 1.95. The molecule has 0 atom stereocenters. The Kier molecular flexibility index (Phi) is 11.9. The summed E-state index contributed by atoms with van der Waals surface area (Å²) in [6.07, 6.45) is 0. The molecule has 0 aliphatic carbocycles. The van der Waals surface area contributed by atoms with E-state index < -0.39 is 0 Å². The predicted molar refractivity (Wildman–Crippen MR) is 70.9 cm³/mol. The number of hydrogen-bond acceptors (Lipinski definition) is 7. The van der Waals surface area contributed by atoms with Crippen molar-refractivity contribution in [3.63, 3.8) is 0 Å². The summed E-state index contributed by atoms with van der Waals surface area (Å²) in [6, 6.07) is 0. The van der Waals surface area contributed by atoms with E-state index in [1.807, 2.05) is 0 Å². The predicted octanol–water partition coefficient (Wildman–Crippen LogP) is 1.79. The first kappa shape index (κ1) is 16.7. The normalized spacial score (nSPS) is 10.0. The van der Waals surface area contributed by atoms with Gasteiger partial charge in [-0.1, -0.05) is 13.2 Å². The van der Waals surface area contributed by atoms with Crippen LogP contribution in [0.5, 0.6) is 0 Å². The average molecular weight is 282 g/mol. The van der Waals surface area contributed by atoms with E-state index in [2.05, 4.69) is 38.4 Å². The molecule has 0 amide bonds. The van der Waals surface area contributed by atoms with Crippen LogP contribution in [0, 0.1) is 0 Å². The second kappa shape index (κ2) is 12.1. The van der Waals surface area contributed by atoms with Crippen LogP contribution in [0.3, 0.4) is 0 Å². The molecule has 0 aromatic carbocycles. The van der Waals surface area contributed by atoms with Crippen molar-refractivity contribution >= 4 is 25.3 Å². The van der Waals surface area contributed by atoms with Crippen LogP contribution in [-0.4, -0.2) is 37.9 Å². The molecule has 0 aromatic rings. The van der Waals surface area contributed by atoms with Gasteiger partial charge in [0.25, 0.3) is 0 Å². The number of hydrogen-bond donors (Lipinski definition) is 2. The van der Waals surface area contributed by atoms with E-state index in [1.165, 1.54) is 0 Å². The Morgan fingerprint density at radius 1 is 0.765 bits per heavy atom. The van der Waals surface area contributed by atoms with Crippen molar-refractivity contribution < 1.29 is 24.3 Å². The van der Waals surface area contributed by atoms with E-state index in [9.17, 15) is 0 Å². The zero-order valence-electron chi connectivity index (χ0n) is 9.59. The Labute approximate surface area is 112 Å². The molecule has 0 unspecified atom stereocenters. The fraction of sp³-hybridized carbons (Fsp3) is 0.600. The molecule has 0 radical (unpaired) electrons. The minimum absolute atomic E-state index is 0.303. The lowest BCUT2D eigenvalue weighted by molar-refractivity contribution is -0.276. The van der Waals surface area contributed by atoms with E-state index in [4.69, 9.17) is 24.3 Å². The van der Waals surface area contributed by atoms with Gasteiger partial charge >= 0.3 is 0 Å². The fourth-order valence-corrected chi connectivity index (χ4v) is 0.696.